The molecule has 0 radical (unpaired) electrons. The summed E-state index contributed by atoms with van der Waals surface area (Å²) in [4.78, 5) is 0. The summed E-state index contributed by atoms with van der Waals surface area (Å²) in [5, 5.41) is 1.92. The zero-order chi connectivity index (χ0) is 16.5. The van der Waals surface area contributed by atoms with Gasteiger partial charge in [0.15, 0.2) is 10.6 Å². The Bertz CT molecular complexity index is 628. The molecule has 0 fully saturated rings. The van der Waals surface area contributed by atoms with E-state index in [1.54, 1.807) is 0 Å². The van der Waals surface area contributed by atoms with Crippen molar-refractivity contribution in [1.82, 2.24) is 0 Å². The minimum Gasteiger partial charge on any atom is -0.0616 e. The number of hydrogen-bond acceptors (Lipinski definition) is 1. The van der Waals surface area contributed by atoms with Gasteiger partial charge in [-0.05, 0) is 23.0 Å². The van der Waals surface area contributed by atoms with Crippen LogP contribution in [0.25, 0.3) is 0 Å². The summed E-state index contributed by atoms with van der Waals surface area (Å²) in [5.74, 6) is 0. The fourth-order valence-electron chi connectivity index (χ4n) is 2.70. The lowest BCUT2D eigenvalue weighted by molar-refractivity contribution is 0.582. The van der Waals surface area contributed by atoms with Crippen LogP contribution < -0.4 is 10.6 Å². The minimum absolute atomic E-state index is 0.0156. The van der Waals surface area contributed by atoms with Crippen molar-refractivity contribution in [3.8, 4) is 0 Å². The highest BCUT2D eigenvalue weighted by molar-refractivity contribution is 7.61. The van der Waals surface area contributed by atoms with E-state index in [1.165, 1.54) is 11.1 Å². The van der Waals surface area contributed by atoms with Crippen LogP contribution in [0.5, 0.6) is 0 Å². The molecule has 2 aromatic carbocycles. The molecule has 0 aliphatic rings. The third-order valence-electron chi connectivity index (χ3n) is 3.86. The molecule has 0 saturated carbocycles. The standard InChI is InChI=1S/C20H26OP/c1-19(2,3)15-11-7-9-13-17(15)22(21)18-14-10-8-12-16(18)20(4,5)6/h7-14H,1-6H3/q+1. The zero-order valence-corrected chi connectivity index (χ0v) is 15.4. The Morgan fingerprint density at radius 2 is 0.955 bits per heavy atom. The van der Waals surface area contributed by atoms with E-state index in [1.807, 2.05) is 36.4 Å². The summed E-state index contributed by atoms with van der Waals surface area (Å²) in [6.45, 7) is 13.0. The largest absolute Gasteiger partial charge is 0.415 e. The Kier molecular flexibility index (Phi) is 4.59. The Morgan fingerprint density at radius 1 is 0.636 bits per heavy atom. The molecule has 0 aromatic heterocycles. The van der Waals surface area contributed by atoms with Crippen LogP contribution in [0, 0.1) is 0 Å². The van der Waals surface area contributed by atoms with Crippen LogP contribution in [0.15, 0.2) is 48.5 Å². The van der Waals surface area contributed by atoms with E-state index in [0.29, 0.717) is 0 Å². The summed E-state index contributed by atoms with van der Waals surface area (Å²) < 4.78 is 13.3. The molecule has 0 N–H and O–H groups in total. The van der Waals surface area contributed by atoms with Crippen molar-refractivity contribution in [2.45, 2.75) is 52.4 Å². The second-order valence-corrected chi connectivity index (χ2v) is 9.38. The molecule has 0 aliphatic heterocycles. The molecule has 2 heteroatoms. The summed E-state index contributed by atoms with van der Waals surface area (Å²) >= 11 is 0. The molecule has 0 amide bonds. The van der Waals surface area contributed by atoms with Crippen molar-refractivity contribution in [1.29, 1.82) is 0 Å². The van der Waals surface area contributed by atoms with Gasteiger partial charge in [-0.3, -0.25) is 0 Å². The molecule has 0 aliphatic carbocycles. The van der Waals surface area contributed by atoms with E-state index in [0.717, 1.165) is 10.6 Å². The third-order valence-corrected chi connectivity index (χ3v) is 5.52. The molecule has 2 aromatic rings. The van der Waals surface area contributed by atoms with E-state index in [9.17, 15) is 4.57 Å². The van der Waals surface area contributed by atoms with Crippen molar-refractivity contribution in [3.05, 3.63) is 59.7 Å². The van der Waals surface area contributed by atoms with E-state index in [2.05, 4.69) is 53.7 Å². The molecule has 2 rings (SSSR count). The Balaban J connectivity index is 2.61. The van der Waals surface area contributed by atoms with E-state index < -0.39 is 7.80 Å². The normalized spacial score (nSPS) is 12.3. The number of hydrogen-bond donors (Lipinski definition) is 0. The maximum atomic E-state index is 13.3. The fourth-order valence-corrected chi connectivity index (χ4v) is 4.66. The Morgan fingerprint density at radius 3 is 1.27 bits per heavy atom. The molecule has 1 nitrogen and oxygen atoms in total. The molecular formula is C20H26OP+. The van der Waals surface area contributed by atoms with Crippen LogP contribution in [-0.2, 0) is 15.4 Å². The van der Waals surface area contributed by atoms with Gasteiger partial charge in [0.1, 0.15) is 0 Å². The topological polar surface area (TPSA) is 17.1 Å². The molecule has 0 bridgehead atoms. The molecule has 0 heterocycles. The van der Waals surface area contributed by atoms with Crippen LogP contribution in [0.2, 0.25) is 0 Å². The zero-order valence-electron chi connectivity index (χ0n) is 14.5. The fraction of sp³-hybridized carbons (Fsp3) is 0.400. The molecule has 0 spiro atoms. The quantitative estimate of drug-likeness (QED) is 0.708. The van der Waals surface area contributed by atoms with Gasteiger partial charge >= 0.3 is 7.80 Å². The molecule has 116 valence electrons. The average Bonchev–Trinajstić information content (AvgIpc) is 2.45. The first-order valence-electron chi connectivity index (χ1n) is 7.78. The highest BCUT2D eigenvalue weighted by Gasteiger charge is 2.35. The van der Waals surface area contributed by atoms with Gasteiger partial charge in [-0.15, -0.1) is 0 Å². The van der Waals surface area contributed by atoms with Gasteiger partial charge in [0.2, 0.25) is 0 Å². The highest BCUT2D eigenvalue weighted by atomic mass is 31.1. The SMILES string of the molecule is CC(C)(C)c1ccccc1[P+](=O)c1ccccc1C(C)(C)C. The lowest BCUT2D eigenvalue weighted by Gasteiger charge is -2.20. The maximum Gasteiger partial charge on any atom is 0.415 e. The van der Waals surface area contributed by atoms with Gasteiger partial charge in [-0.2, -0.15) is 0 Å². The van der Waals surface area contributed by atoms with Gasteiger partial charge in [0.05, 0.1) is 0 Å². The van der Waals surface area contributed by atoms with Crippen LogP contribution in [0.1, 0.15) is 52.7 Å². The summed E-state index contributed by atoms with van der Waals surface area (Å²) in [6, 6.07) is 16.3. The van der Waals surface area contributed by atoms with Gasteiger partial charge in [-0.25, -0.2) is 0 Å². The van der Waals surface area contributed by atoms with Crippen molar-refractivity contribution < 1.29 is 4.57 Å². The van der Waals surface area contributed by atoms with E-state index in [4.69, 9.17) is 0 Å². The Labute approximate surface area is 135 Å². The highest BCUT2D eigenvalue weighted by Crippen LogP contribution is 2.32. The second-order valence-electron chi connectivity index (χ2n) is 7.83. The first-order valence-corrected chi connectivity index (χ1v) is 9.04. The number of rotatable bonds is 2. The average molecular weight is 313 g/mol. The second kappa shape index (κ2) is 5.97. The lowest BCUT2D eigenvalue weighted by Crippen LogP contribution is -2.26. The van der Waals surface area contributed by atoms with Crippen LogP contribution in [0.4, 0.5) is 0 Å². The predicted molar refractivity (Wildman–Crippen MR) is 97.2 cm³/mol. The Hall–Kier alpha value is -1.46. The monoisotopic (exact) mass is 313 g/mol. The van der Waals surface area contributed by atoms with Crippen molar-refractivity contribution in [2.24, 2.45) is 0 Å². The van der Waals surface area contributed by atoms with Crippen LogP contribution in [0.3, 0.4) is 0 Å². The van der Waals surface area contributed by atoms with Crippen molar-refractivity contribution in [2.75, 3.05) is 0 Å². The number of benzene rings is 2. The molecule has 0 saturated heterocycles. The predicted octanol–water partition coefficient (Wildman–Crippen LogP) is 5.06. The van der Waals surface area contributed by atoms with Crippen LogP contribution >= 0.6 is 7.80 Å². The molecular weight excluding hydrogens is 287 g/mol. The van der Waals surface area contributed by atoms with Crippen molar-refractivity contribution >= 4 is 18.4 Å². The molecule has 22 heavy (non-hydrogen) atoms. The summed E-state index contributed by atoms with van der Waals surface area (Å²) in [6.07, 6.45) is 0. The van der Waals surface area contributed by atoms with Crippen LogP contribution in [-0.4, -0.2) is 0 Å². The van der Waals surface area contributed by atoms with E-state index >= 15 is 0 Å². The van der Waals surface area contributed by atoms with E-state index in [-0.39, 0.29) is 10.8 Å². The minimum atomic E-state index is -1.59. The summed E-state index contributed by atoms with van der Waals surface area (Å²) in [7, 11) is -1.59. The molecule has 0 atom stereocenters. The molecule has 0 unspecified atom stereocenters. The lowest BCUT2D eigenvalue weighted by atomic mass is 9.87. The van der Waals surface area contributed by atoms with Gasteiger partial charge in [-0.1, -0.05) is 82.5 Å². The van der Waals surface area contributed by atoms with Gasteiger partial charge in [0, 0.05) is 11.1 Å². The first-order chi connectivity index (χ1) is 10.1. The smallest absolute Gasteiger partial charge is 0.0616 e. The van der Waals surface area contributed by atoms with Crippen molar-refractivity contribution in [3.63, 3.8) is 0 Å². The first kappa shape index (κ1) is 16.9. The van der Waals surface area contributed by atoms with Gasteiger partial charge < -0.3 is 0 Å². The maximum absolute atomic E-state index is 13.3. The third kappa shape index (κ3) is 3.47. The summed E-state index contributed by atoms with van der Waals surface area (Å²) in [5.41, 5.74) is 2.30. The van der Waals surface area contributed by atoms with Gasteiger partial charge in [0.25, 0.3) is 0 Å².